The van der Waals surface area contributed by atoms with Gasteiger partial charge in [-0.25, -0.2) is 0 Å². The molecule has 11 rings (SSSR count). The average molecular weight is 700 g/mol. The SMILES string of the molecule is c1ccc(N(c2ccc(-c3cccc4c3oc3ccccc34)cc2)c2cc(C3CCCCC3)c3ccc4ccc(C5CCCCC5)c5ccc2c3c45)cc1. The molecule has 0 bridgehead atoms. The molecule has 0 amide bonds. The van der Waals surface area contributed by atoms with Crippen molar-refractivity contribution in [3.63, 3.8) is 0 Å². The van der Waals surface area contributed by atoms with E-state index in [1.54, 1.807) is 5.56 Å². The third-order valence-electron chi connectivity index (χ3n) is 13.0. The van der Waals surface area contributed by atoms with Crippen LogP contribution in [0.3, 0.4) is 0 Å². The molecule has 0 aliphatic heterocycles. The lowest BCUT2D eigenvalue weighted by atomic mass is 9.78. The van der Waals surface area contributed by atoms with Crippen LogP contribution in [-0.4, -0.2) is 0 Å². The summed E-state index contributed by atoms with van der Waals surface area (Å²) in [5.74, 6) is 1.23. The van der Waals surface area contributed by atoms with Gasteiger partial charge in [-0.2, -0.15) is 0 Å². The van der Waals surface area contributed by atoms with Crippen molar-refractivity contribution in [1.82, 2.24) is 0 Å². The molecule has 2 nitrogen and oxygen atoms in total. The minimum absolute atomic E-state index is 0.573. The van der Waals surface area contributed by atoms with Gasteiger partial charge in [0.1, 0.15) is 11.2 Å². The molecular formula is C52H45NO. The largest absolute Gasteiger partial charge is 0.455 e. The number of fused-ring (bicyclic) bond motifs is 3. The van der Waals surface area contributed by atoms with Gasteiger partial charge in [-0.3, -0.25) is 0 Å². The van der Waals surface area contributed by atoms with E-state index in [0.717, 1.165) is 38.8 Å². The van der Waals surface area contributed by atoms with Crippen LogP contribution in [0.25, 0.3) is 65.4 Å². The van der Waals surface area contributed by atoms with Crippen molar-refractivity contribution in [3.8, 4) is 11.1 Å². The van der Waals surface area contributed by atoms with E-state index in [1.165, 1.54) is 113 Å². The van der Waals surface area contributed by atoms with Crippen LogP contribution >= 0.6 is 0 Å². The van der Waals surface area contributed by atoms with Gasteiger partial charge < -0.3 is 9.32 Å². The van der Waals surface area contributed by atoms with Crippen molar-refractivity contribution in [3.05, 3.63) is 151 Å². The minimum atomic E-state index is 0.573. The third kappa shape index (κ3) is 5.14. The molecule has 0 atom stereocenters. The van der Waals surface area contributed by atoms with Crippen LogP contribution in [-0.2, 0) is 0 Å². The summed E-state index contributed by atoms with van der Waals surface area (Å²) in [5, 5.41) is 10.9. The Bertz CT molecular complexity index is 2780. The first-order valence-electron chi connectivity index (χ1n) is 20.4. The minimum Gasteiger partial charge on any atom is -0.455 e. The second-order valence-corrected chi connectivity index (χ2v) is 16.1. The Balaban J connectivity index is 1.13. The Kier molecular flexibility index (Phi) is 7.71. The zero-order valence-electron chi connectivity index (χ0n) is 30.9. The molecule has 0 radical (unpaired) electrons. The van der Waals surface area contributed by atoms with Crippen molar-refractivity contribution in [1.29, 1.82) is 0 Å². The van der Waals surface area contributed by atoms with Gasteiger partial charge in [0.05, 0.1) is 5.69 Å². The molecule has 0 N–H and O–H groups in total. The number of anilines is 3. The number of furan rings is 1. The second kappa shape index (κ2) is 13.1. The van der Waals surface area contributed by atoms with Gasteiger partial charge in [0.25, 0.3) is 0 Å². The van der Waals surface area contributed by atoms with Crippen molar-refractivity contribution in [2.75, 3.05) is 4.90 Å². The van der Waals surface area contributed by atoms with Gasteiger partial charge in [0.2, 0.25) is 0 Å². The predicted molar refractivity (Wildman–Crippen MR) is 229 cm³/mol. The quantitative estimate of drug-likeness (QED) is 0.161. The summed E-state index contributed by atoms with van der Waals surface area (Å²) in [4.78, 5) is 2.52. The Morgan fingerprint density at radius 3 is 1.87 bits per heavy atom. The number of benzene rings is 8. The van der Waals surface area contributed by atoms with Gasteiger partial charge in [-0.1, -0.05) is 142 Å². The second-order valence-electron chi connectivity index (χ2n) is 16.1. The highest BCUT2D eigenvalue weighted by atomic mass is 16.3. The maximum atomic E-state index is 6.47. The van der Waals surface area contributed by atoms with E-state index in [-0.39, 0.29) is 0 Å². The van der Waals surface area contributed by atoms with E-state index in [0.29, 0.717) is 11.8 Å². The van der Waals surface area contributed by atoms with E-state index in [4.69, 9.17) is 4.42 Å². The molecule has 2 saturated carbocycles. The molecule has 264 valence electrons. The van der Waals surface area contributed by atoms with Gasteiger partial charge in [0.15, 0.2) is 0 Å². The van der Waals surface area contributed by atoms with E-state index >= 15 is 0 Å². The summed E-state index contributed by atoms with van der Waals surface area (Å²) in [7, 11) is 0. The molecule has 0 unspecified atom stereocenters. The van der Waals surface area contributed by atoms with Crippen LogP contribution in [0.4, 0.5) is 17.1 Å². The fourth-order valence-electron chi connectivity index (χ4n) is 10.4. The smallest absolute Gasteiger partial charge is 0.143 e. The van der Waals surface area contributed by atoms with Crippen LogP contribution in [0.2, 0.25) is 0 Å². The summed E-state index contributed by atoms with van der Waals surface area (Å²) < 4.78 is 6.47. The predicted octanol–water partition coefficient (Wildman–Crippen LogP) is 15.7. The summed E-state index contributed by atoms with van der Waals surface area (Å²) in [6, 6.07) is 52.3. The first-order valence-corrected chi connectivity index (χ1v) is 20.4. The summed E-state index contributed by atoms with van der Waals surface area (Å²) in [5.41, 5.74) is 10.9. The standard InChI is InChI=1S/C52H45NO/c1-4-13-34(14-5-1)40-29-25-37-26-30-44-47(35-15-6-2-7-16-35)33-48(46-32-31-43(40)50(37)51(44)46)53(38-17-8-3-9-18-38)39-27-23-36(24-28-39)41-20-12-21-45-42-19-10-11-22-49(42)54-52(41)45/h3,8-12,17-35H,1-2,4-7,13-16H2. The lowest BCUT2D eigenvalue weighted by Crippen LogP contribution is -2.13. The molecule has 2 fully saturated rings. The molecular weight excluding hydrogens is 655 g/mol. The van der Waals surface area contributed by atoms with Crippen LogP contribution in [0.1, 0.15) is 87.2 Å². The Hall–Kier alpha value is -5.60. The normalized spacial score (nSPS) is 16.0. The van der Waals surface area contributed by atoms with Gasteiger partial charge in [-0.05, 0) is 118 Å². The average Bonchev–Trinajstić information content (AvgIpc) is 3.63. The maximum absolute atomic E-state index is 6.47. The van der Waals surface area contributed by atoms with Crippen molar-refractivity contribution >= 4 is 71.3 Å². The Morgan fingerprint density at radius 1 is 0.444 bits per heavy atom. The zero-order chi connectivity index (χ0) is 35.6. The monoisotopic (exact) mass is 699 g/mol. The molecule has 1 heterocycles. The highest BCUT2D eigenvalue weighted by Crippen LogP contribution is 2.50. The lowest BCUT2D eigenvalue weighted by Gasteiger charge is -2.31. The third-order valence-corrected chi connectivity index (χ3v) is 13.0. The first-order chi connectivity index (χ1) is 26.8. The highest BCUT2D eigenvalue weighted by molar-refractivity contribution is 6.27. The van der Waals surface area contributed by atoms with Crippen molar-refractivity contribution in [2.45, 2.75) is 76.0 Å². The Labute approximate surface area is 317 Å². The number of hydrogen-bond acceptors (Lipinski definition) is 2. The number of nitrogens with zero attached hydrogens (tertiary/aromatic N) is 1. The van der Waals surface area contributed by atoms with Crippen LogP contribution < -0.4 is 4.90 Å². The molecule has 9 aromatic rings. The lowest BCUT2D eigenvalue weighted by molar-refractivity contribution is 0.445. The highest BCUT2D eigenvalue weighted by Gasteiger charge is 2.27. The first kappa shape index (κ1) is 31.9. The van der Waals surface area contributed by atoms with Crippen molar-refractivity contribution in [2.24, 2.45) is 0 Å². The maximum Gasteiger partial charge on any atom is 0.143 e. The van der Waals surface area contributed by atoms with Gasteiger partial charge in [0, 0.05) is 33.1 Å². The van der Waals surface area contributed by atoms with E-state index < -0.39 is 0 Å². The fraction of sp³-hybridized carbons (Fsp3) is 0.231. The van der Waals surface area contributed by atoms with Gasteiger partial charge >= 0.3 is 0 Å². The molecule has 0 spiro atoms. The molecule has 2 heteroatoms. The fourth-order valence-corrected chi connectivity index (χ4v) is 10.4. The van der Waals surface area contributed by atoms with Crippen LogP contribution in [0.5, 0.6) is 0 Å². The number of hydrogen-bond donors (Lipinski definition) is 0. The van der Waals surface area contributed by atoms with E-state index in [1.807, 2.05) is 6.07 Å². The van der Waals surface area contributed by atoms with Crippen molar-refractivity contribution < 1.29 is 4.42 Å². The Morgan fingerprint density at radius 2 is 1.07 bits per heavy atom. The summed E-state index contributed by atoms with van der Waals surface area (Å²) >= 11 is 0. The number of rotatable bonds is 6. The van der Waals surface area contributed by atoms with E-state index in [2.05, 4.69) is 138 Å². The van der Waals surface area contributed by atoms with Crippen LogP contribution in [0.15, 0.2) is 144 Å². The van der Waals surface area contributed by atoms with E-state index in [9.17, 15) is 0 Å². The topological polar surface area (TPSA) is 16.4 Å². The summed E-state index contributed by atoms with van der Waals surface area (Å²) in [6.45, 7) is 0. The van der Waals surface area contributed by atoms with Gasteiger partial charge in [-0.15, -0.1) is 0 Å². The number of para-hydroxylation sites is 3. The zero-order valence-corrected chi connectivity index (χ0v) is 30.9. The molecule has 2 aliphatic rings. The summed E-state index contributed by atoms with van der Waals surface area (Å²) in [6.07, 6.45) is 13.2. The van der Waals surface area contributed by atoms with Crippen LogP contribution in [0, 0.1) is 0 Å². The molecule has 1 aromatic heterocycles. The molecule has 2 aliphatic carbocycles. The molecule has 54 heavy (non-hydrogen) atoms. The molecule has 0 saturated heterocycles. The molecule has 8 aromatic carbocycles.